The summed E-state index contributed by atoms with van der Waals surface area (Å²) in [5.74, 6) is 1.50. The van der Waals surface area contributed by atoms with Gasteiger partial charge in [0.15, 0.2) is 0 Å². The Labute approximate surface area is 143 Å². The van der Waals surface area contributed by atoms with E-state index in [0.717, 1.165) is 38.7 Å². The number of likely N-dealkylation sites (tertiary alicyclic amines) is 1. The third-order valence-corrected chi connectivity index (χ3v) is 5.58. The molecule has 1 spiro atoms. The topological polar surface area (TPSA) is 59.5 Å². The molecule has 1 N–H and O–H groups in total. The first-order chi connectivity index (χ1) is 11.8. The van der Waals surface area contributed by atoms with Crippen molar-refractivity contribution in [2.24, 2.45) is 5.92 Å². The standard InChI is InChI=1S/C18H28N4O2/c1-5-18(14-22(8-1)12-15-3-9-23-10-4-15)11-16(13-24-18)21-17-19-6-2-7-20-17/h2,6-7,15-16H,1,3-5,8-14H2,(H,19,20,21)/t16-,18+/m0/s1. The van der Waals surface area contributed by atoms with E-state index in [1.54, 1.807) is 12.4 Å². The van der Waals surface area contributed by atoms with E-state index in [9.17, 15) is 0 Å². The highest BCUT2D eigenvalue weighted by atomic mass is 16.5. The molecule has 4 heterocycles. The van der Waals surface area contributed by atoms with E-state index in [0.29, 0.717) is 12.0 Å². The zero-order valence-electron chi connectivity index (χ0n) is 14.3. The highest BCUT2D eigenvalue weighted by Gasteiger charge is 2.43. The second-order valence-electron chi connectivity index (χ2n) is 7.51. The van der Waals surface area contributed by atoms with Crippen molar-refractivity contribution in [2.45, 2.75) is 43.7 Å². The van der Waals surface area contributed by atoms with Gasteiger partial charge in [-0.15, -0.1) is 0 Å². The molecule has 3 aliphatic heterocycles. The number of nitrogens with one attached hydrogen (secondary N) is 1. The van der Waals surface area contributed by atoms with E-state index in [2.05, 4.69) is 20.2 Å². The van der Waals surface area contributed by atoms with E-state index in [1.807, 2.05) is 6.07 Å². The van der Waals surface area contributed by atoms with Gasteiger partial charge in [0.05, 0.1) is 18.2 Å². The summed E-state index contributed by atoms with van der Waals surface area (Å²) in [7, 11) is 0. The Hall–Kier alpha value is -1.24. The average Bonchev–Trinajstić information content (AvgIpc) is 2.98. The third-order valence-electron chi connectivity index (χ3n) is 5.58. The van der Waals surface area contributed by atoms with Crippen LogP contribution in [0.5, 0.6) is 0 Å². The van der Waals surface area contributed by atoms with Crippen LogP contribution in [0.4, 0.5) is 5.95 Å². The molecule has 0 unspecified atom stereocenters. The molecule has 4 rings (SSSR count). The van der Waals surface area contributed by atoms with E-state index in [-0.39, 0.29) is 5.60 Å². The molecule has 0 aromatic carbocycles. The second kappa shape index (κ2) is 7.33. The largest absolute Gasteiger partial charge is 0.381 e. The average molecular weight is 332 g/mol. The van der Waals surface area contributed by atoms with Gasteiger partial charge in [0.25, 0.3) is 0 Å². The van der Waals surface area contributed by atoms with Gasteiger partial charge in [-0.2, -0.15) is 0 Å². The highest BCUT2D eigenvalue weighted by molar-refractivity contribution is 5.25. The number of piperidine rings is 1. The molecule has 3 saturated heterocycles. The number of aromatic nitrogens is 2. The fourth-order valence-corrected chi connectivity index (χ4v) is 4.42. The van der Waals surface area contributed by atoms with Gasteiger partial charge in [-0.25, -0.2) is 9.97 Å². The maximum absolute atomic E-state index is 6.30. The predicted molar refractivity (Wildman–Crippen MR) is 92.0 cm³/mol. The first-order valence-corrected chi connectivity index (χ1v) is 9.29. The summed E-state index contributed by atoms with van der Waals surface area (Å²) in [6.45, 7) is 6.10. The molecule has 0 radical (unpaired) electrons. The van der Waals surface area contributed by atoms with Gasteiger partial charge in [0.2, 0.25) is 5.95 Å². The minimum atomic E-state index is 0.0237. The minimum absolute atomic E-state index is 0.0237. The quantitative estimate of drug-likeness (QED) is 0.909. The Bertz CT molecular complexity index is 523. The molecule has 0 saturated carbocycles. The van der Waals surface area contributed by atoms with Crippen LogP contribution in [-0.4, -0.2) is 66.0 Å². The van der Waals surface area contributed by atoms with E-state index in [1.165, 1.54) is 38.8 Å². The summed E-state index contributed by atoms with van der Waals surface area (Å²) >= 11 is 0. The van der Waals surface area contributed by atoms with Crippen LogP contribution in [0.15, 0.2) is 18.5 Å². The van der Waals surface area contributed by atoms with Gasteiger partial charge >= 0.3 is 0 Å². The molecule has 132 valence electrons. The summed E-state index contributed by atoms with van der Waals surface area (Å²) in [6.07, 6.45) is 9.42. The molecular weight excluding hydrogens is 304 g/mol. The monoisotopic (exact) mass is 332 g/mol. The van der Waals surface area contributed by atoms with Gasteiger partial charge in [-0.1, -0.05) is 0 Å². The first kappa shape index (κ1) is 16.2. The number of hydrogen-bond acceptors (Lipinski definition) is 6. The van der Waals surface area contributed by atoms with Crippen LogP contribution in [0.25, 0.3) is 0 Å². The predicted octanol–water partition coefficient (Wildman–Crippen LogP) is 1.94. The molecule has 1 aromatic heterocycles. The first-order valence-electron chi connectivity index (χ1n) is 9.29. The zero-order valence-corrected chi connectivity index (χ0v) is 14.3. The molecular formula is C18H28N4O2. The number of hydrogen-bond donors (Lipinski definition) is 1. The zero-order chi connectivity index (χ0) is 16.2. The lowest BCUT2D eigenvalue weighted by molar-refractivity contribution is -0.0580. The molecule has 6 nitrogen and oxygen atoms in total. The van der Waals surface area contributed by atoms with Crippen molar-refractivity contribution in [1.82, 2.24) is 14.9 Å². The number of nitrogens with zero attached hydrogens (tertiary/aromatic N) is 3. The molecule has 0 aliphatic carbocycles. The molecule has 0 amide bonds. The summed E-state index contributed by atoms with van der Waals surface area (Å²) in [5, 5.41) is 3.43. The number of anilines is 1. The van der Waals surface area contributed by atoms with Gasteiger partial charge in [-0.3, -0.25) is 0 Å². The lowest BCUT2D eigenvalue weighted by Gasteiger charge is -2.41. The van der Waals surface area contributed by atoms with Gasteiger partial charge < -0.3 is 19.7 Å². The number of rotatable bonds is 4. The maximum atomic E-state index is 6.30. The highest BCUT2D eigenvalue weighted by Crippen LogP contribution is 2.36. The van der Waals surface area contributed by atoms with Crippen molar-refractivity contribution in [3.63, 3.8) is 0 Å². The molecule has 0 bridgehead atoms. The molecule has 6 heteroatoms. The Morgan fingerprint density at radius 3 is 2.92 bits per heavy atom. The Balaban J connectivity index is 1.31. The Morgan fingerprint density at radius 2 is 2.08 bits per heavy atom. The maximum Gasteiger partial charge on any atom is 0.222 e. The van der Waals surface area contributed by atoms with Crippen LogP contribution in [0, 0.1) is 5.92 Å². The lowest BCUT2D eigenvalue weighted by atomic mass is 9.87. The van der Waals surface area contributed by atoms with E-state index < -0.39 is 0 Å². The van der Waals surface area contributed by atoms with Crippen LogP contribution in [0.2, 0.25) is 0 Å². The summed E-state index contributed by atoms with van der Waals surface area (Å²) in [6, 6.07) is 2.16. The molecule has 3 fully saturated rings. The van der Waals surface area contributed by atoms with E-state index >= 15 is 0 Å². The SMILES string of the molecule is c1cnc(N[C@@H]2CO[C@]3(CCCN(CC4CCOCC4)C3)C2)nc1. The van der Waals surface area contributed by atoms with Crippen molar-refractivity contribution in [3.8, 4) is 0 Å². The molecule has 2 atom stereocenters. The Kier molecular flexibility index (Phi) is 4.96. The summed E-state index contributed by atoms with van der Waals surface area (Å²) < 4.78 is 11.8. The van der Waals surface area contributed by atoms with Crippen molar-refractivity contribution < 1.29 is 9.47 Å². The van der Waals surface area contributed by atoms with Crippen molar-refractivity contribution in [3.05, 3.63) is 18.5 Å². The molecule has 1 aromatic rings. The smallest absolute Gasteiger partial charge is 0.222 e. The van der Waals surface area contributed by atoms with Crippen molar-refractivity contribution >= 4 is 5.95 Å². The van der Waals surface area contributed by atoms with Crippen LogP contribution >= 0.6 is 0 Å². The fraction of sp³-hybridized carbons (Fsp3) is 0.778. The summed E-state index contributed by atoms with van der Waals surface area (Å²) in [4.78, 5) is 11.2. The fourth-order valence-electron chi connectivity index (χ4n) is 4.42. The van der Waals surface area contributed by atoms with Gasteiger partial charge in [0, 0.05) is 45.1 Å². The van der Waals surface area contributed by atoms with E-state index in [4.69, 9.17) is 9.47 Å². The van der Waals surface area contributed by atoms with Crippen LogP contribution in [0.3, 0.4) is 0 Å². The summed E-state index contributed by atoms with van der Waals surface area (Å²) in [5.41, 5.74) is 0.0237. The van der Waals surface area contributed by atoms with Crippen molar-refractivity contribution in [1.29, 1.82) is 0 Å². The third kappa shape index (κ3) is 3.87. The molecule has 24 heavy (non-hydrogen) atoms. The Morgan fingerprint density at radius 1 is 1.25 bits per heavy atom. The molecule has 3 aliphatic rings. The van der Waals surface area contributed by atoms with Crippen molar-refractivity contribution in [2.75, 3.05) is 44.8 Å². The van der Waals surface area contributed by atoms with Gasteiger partial charge in [-0.05, 0) is 44.2 Å². The number of ether oxygens (including phenoxy) is 2. The van der Waals surface area contributed by atoms with Crippen LogP contribution in [0.1, 0.15) is 32.1 Å². The van der Waals surface area contributed by atoms with Gasteiger partial charge in [0.1, 0.15) is 0 Å². The lowest BCUT2D eigenvalue weighted by Crippen LogP contribution is -2.49. The second-order valence-corrected chi connectivity index (χ2v) is 7.51. The van der Waals surface area contributed by atoms with Crippen LogP contribution in [-0.2, 0) is 9.47 Å². The van der Waals surface area contributed by atoms with Crippen LogP contribution < -0.4 is 5.32 Å². The minimum Gasteiger partial charge on any atom is -0.381 e. The normalized spacial score (nSPS) is 32.2.